The highest BCUT2D eigenvalue weighted by Gasteiger charge is 2.05. The lowest BCUT2D eigenvalue weighted by Gasteiger charge is -2.08. The van der Waals surface area contributed by atoms with Crippen molar-refractivity contribution in [2.75, 3.05) is 6.61 Å². The summed E-state index contributed by atoms with van der Waals surface area (Å²) >= 11 is 0. The quantitative estimate of drug-likeness (QED) is 0.508. The van der Waals surface area contributed by atoms with E-state index in [1.807, 2.05) is 13.0 Å². The van der Waals surface area contributed by atoms with Crippen LogP contribution in [0.1, 0.15) is 13.8 Å². The van der Waals surface area contributed by atoms with Gasteiger partial charge in [0.25, 0.3) is 0 Å². The van der Waals surface area contributed by atoms with Crippen molar-refractivity contribution in [1.82, 2.24) is 0 Å². The van der Waals surface area contributed by atoms with E-state index in [0.29, 0.717) is 12.2 Å². The fraction of sp³-hybridized carbons (Fsp3) is 0.333. The van der Waals surface area contributed by atoms with Crippen LogP contribution in [0.25, 0.3) is 0 Å². The molecule has 0 bridgehead atoms. The highest BCUT2D eigenvalue weighted by molar-refractivity contribution is 5.39. The smallest absolute Gasteiger partial charge is 0.153 e. The largest absolute Gasteiger partial charge is 0.373 e. The molecule has 3 nitrogen and oxygen atoms in total. The maximum absolute atomic E-state index is 8.77. The number of hydrogen-bond acceptors (Lipinski definition) is 3. The maximum Gasteiger partial charge on any atom is 0.153 e. The molecule has 0 aromatic heterocycles. The third-order valence-corrected chi connectivity index (χ3v) is 1.46. The second-order valence-corrected chi connectivity index (χ2v) is 2.44. The SMILES string of the molecule is CCOC(C)/C(C#N)=C\C#CC#CC#N. The summed E-state index contributed by atoms with van der Waals surface area (Å²) in [5.41, 5.74) is 0.447. The monoisotopic (exact) mass is 198 g/mol. The molecule has 0 amide bonds. The van der Waals surface area contributed by atoms with Crippen LogP contribution in [0, 0.1) is 46.3 Å². The van der Waals surface area contributed by atoms with Crippen molar-refractivity contribution < 1.29 is 4.74 Å². The van der Waals surface area contributed by atoms with Crippen molar-refractivity contribution in [2.24, 2.45) is 0 Å². The van der Waals surface area contributed by atoms with Gasteiger partial charge in [0.2, 0.25) is 0 Å². The standard InChI is InChI=1S/C12H10N2O/c1-3-15-11(2)12(10-14)8-6-4-5-7-9-13/h8,11H,3H2,1-2H3/b12-8-. The minimum absolute atomic E-state index is 0.266. The van der Waals surface area contributed by atoms with Crippen molar-refractivity contribution in [3.8, 4) is 35.8 Å². The van der Waals surface area contributed by atoms with Crippen molar-refractivity contribution in [3.05, 3.63) is 11.6 Å². The number of allylic oxidation sites excluding steroid dienone is 1. The van der Waals surface area contributed by atoms with Gasteiger partial charge < -0.3 is 4.74 Å². The zero-order chi connectivity index (χ0) is 11.5. The summed E-state index contributed by atoms with van der Waals surface area (Å²) < 4.78 is 5.23. The summed E-state index contributed by atoms with van der Waals surface area (Å²) in [5, 5.41) is 16.9. The topological polar surface area (TPSA) is 56.8 Å². The number of rotatable bonds is 3. The zero-order valence-electron chi connectivity index (χ0n) is 8.66. The van der Waals surface area contributed by atoms with Crippen LogP contribution in [0.4, 0.5) is 0 Å². The Morgan fingerprint density at radius 2 is 2.07 bits per heavy atom. The molecule has 1 atom stereocenters. The molecular formula is C12H10N2O. The van der Waals surface area contributed by atoms with Crippen molar-refractivity contribution in [2.45, 2.75) is 20.0 Å². The minimum atomic E-state index is -0.266. The van der Waals surface area contributed by atoms with Gasteiger partial charge in [0, 0.05) is 24.5 Å². The Balaban J connectivity index is 4.54. The maximum atomic E-state index is 8.77. The number of nitrogens with zero attached hydrogens (tertiary/aromatic N) is 2. The third kappa shape index (κ3) is 5.95. The van der Waals surface area contributed by atoms with Gasteiger partial charge in [0.05, 0.1) is 17.7 Å². The molecule has 0 aliphatic rings. The van der Waals surface area contributed by atoms with E-state index in [-0.39, 0.29) is 6.10 Å². The number of hydrogen-bond donors (Lipinski definition) is 0. The lowest BCUT2D eigenvalue weighted by molar-refractivity contribution is 0.104. The summed E-state index contributed by atoms with van der Waals surface area (Å²) in [5.74, 6) is 9.45. The molecule has 0 radical (unpaired) electrons. The van der Waals surface area contributed by atoms with Crippen LogP contribution in [0.5, 0.6) is 0 Å². The molecule has 0 aliphatic heterocycles. The first kappa shape index (κ1) is 12.8. The van der Waals surface area contributed by atoms with Gasteiger partial charge >= 0.3 is 0 Å². The van der Waals surface area contributed by atoms with Gasteiger partial charge in [-0.2, -0.15) is 10.5 Å². The van der Waals surface area contributed by atoms with E-state index in [9.17, 15) is 0 Å². The van der Waals surface area contributed by atoms with Gasteiger partial charge in [-0.15, -0.1) is 0 Å². The molecule has 0 spiro atoms. The summed E-state index contributed by atoms with van der Waals surface area (Å²) in [4.78, 5) is 0. The van der Waals surface area contributed by atoms with Crippen molar-refractivity contribution in [3.63, 3.8) is 0 Å². The molecule has 0 saturated heterocycles. The fourth-order valence-electron chi connectivity index (χ4n) is 0.789. The van der Waals surface area contributed by atoms with Crippen LogP contribution >= 0.6 is 0 Å². The summed E-state index contributed by atoms with van der Waals surface area (Å²) in [6.07, 6.45) is 1.19. The normalized spacial score (nSPS) is 10.8. The van der Waals surface area contributed by atoms with E-state index < -0.39 is 0 Å². The highest BCUT2D eigenvalue weighted by Crippen LogP contribution is 2.04. The Morgan fingerprint density at radius 3 is 2.60 bits per heavy atom. The third-order valence-electron chi connectivity index (χ3n) is 1.46. The van der Waals surface area contributed by atoms with E-state index in [2.05, 4.69) is 23.7 Å². The summed E-state index contributed by atoms with van der Waals surface area (Å²) in [6, 6.07) is 3.64. The Hall–Kier alpha value is -2.20. The lowest BCUT2D eigenvalue weighted by atomic mass is 10.2. The average Bonchev–Trinajstić information content (AvgIpc) is 2.23. The number of ether oxygens (including phenoxy) is 1. The molecule has 0 rings (SSSR count). The first-order valence-corrected chi connectivity index (χ1v) is 4.37. The van der Waals surface area contributed by atoms with E-state index in [4.69, 9.17) is 15.3 Å². The Labute approximate surface area is 90.0 Å². The Kier molecular flexibility index (Phi) is 7.17. The van der Waals surface area contributed by atoms with Gasteiger partial charge in [0.1, 0.15) is 0 Å². The molecule has 0 aromatic carbocycles. The van der Waals surface area contributed by atoms with Crippen LogP contribution in [-0.2, 0) is 4.74 Å². The van der Waals surface area contributed by atoms with Crippen LogP contribution in [0.3, 0.4) is 0 Å². The van der Waals surface area contributed by atoms with Crippen LogP contribution in [0.15, 0.2) is 11.6 Å². The molecule has 0 saturated carbocycles. The second kappa shape index (κ2) is 8.40. The van der Waals surface area contributed by atoms with E-state index in [1.54, 1.807) is 13.0 Å². The molecular weight excluding hydrogens is 188 g/mol. The number of nitriles is 2. The van der Waals surface area contributed by atoms with Crippen LogP contribution in [0.2, 0.25) is 0 Å². The van der Waals surface area contributed by atoms with Crippen molar-refractivity contribution in [1.29, 1.82) is 10.5 Å². The molecule has 74 valence electrons. The molecule has 0 heterocycles. The molecule has 3 heteroatoms. The van der Waals surface area contributed by atoms with Crippen LogP contribution in [-0.4, -0.2) is 12.7 Å². The summed E-state index contributed by atoms with van der Waals surface area (Å²) in [6.45, 7) is 4.18. The van der Waals surface area contributed by atoms with Gasteiger partial charge in [0.15, 0.2) is 6.07 Å². The molecule has 15 heavy (non-hydrogen) atoms. The molecule has 1 unspecified atom stereocenters. The zero-order valence-corrected chi connectivity index (χ0v) is 8.66. The second-order valence-electron chi connectivity index (χ2n) is 2.44. The van der Waals surface area contributed by atoms with E-state index in [0.717, 1.165) is 0 Å². The van der Waals surface area contributed by atoms with E-state index >= 15 is 0 Å². The Morgan fingerprint density at radius 1 is 1.33 bits per heavy atom. The Bertz CT molecular complexity index is 427. The lowest BCUT2D eigenvalue weighted by Crippen LogP contribution is -2.09. The van der Waals surface area contributed by atoms with Crippen molar-refractivity contribution >= 4 is 0 Å². The highest BCUT2D eigenvalue weighted by atomic mass is 16.5. The predicted octanol–water partition coefficient (Wildman–Crippen LogP) is 1.39. The molecule has 0 N–H and O–H groups in total. The molecule has 0 fully saturated rings. The first-order chi connectivity index (χ1) is 7.26. The predicted molar refractivity (Wildman–Crippen MR) is 55.9 cm³/mol. The van der Waals surface area contributed by atoms with Gasteiger partial charge in [-0.05, 0) is 19.8 Å². The molecule has 0 aliphatic carbocycles. The van der Waals surface area contributed by atoms with Gasteiger partial charge in [-0.1, -0.05) is 5.92 Å². The average molecular weight is 198 g/mol. The summed E-state index contributed by atoms with van der Waals surface area (Å²) in [7, 11) is 0. The first-order valence-electron chi connectivity index (χ1n) is 4.37. The fourth-order valence-corrected chi connectivity index (χ4v) is 0.789. The van der Waals surface area contributed by atoms with E-state index in [1.165, 1.54) is 6.08 Å². The van der Waals surface area contributed by atoms with Crippen LogP contribution < -0.4 is 0 Å². The molecule has 0 aromatic rings. The van der Waals surface area contributed by atoms with Gasteiger partial charge in [-0.25, -0.2) is 0 Å². The van der Waals surface area contributed by atoms with Gasteiger partial charge in [-0.3, -0.25) is 0 Å². The minimum Gasteiger partial charge on any atom is -0.373 e.